The van der Waals surface area contributed by atoms with Crippen LogP contribution in [0.4, 0.5) is 9.59 Å². The maximum absolute atomic E-state index is 12.3. The number of ether oxygens (including phenoxy) is 3. The molecule has 0 saturated heterocycles. The maximum atomic E-state index is 12.3. The van der Waals surface area contributed by atoms with Crippen LogP contribution in [0.2, 0.25) is 0 Å². The van der Waals surface area contributed by atoms with Crippen LogP contribution in [-0.4, -0.2) is 29.3 Å². The number of amides is 2. The molecule has 0 heterocycles. The highest BCUT2D eigenvalue weighted by atomic mass is 16.6. The van der Waals surface area contributed by atoms with Crippen LogP contribution in [0.15, 0.2) is 60.1 Å². The second kappa shape index (κ2) is 12.1. The van der Waals surface area contributed by atoms with E-state index in [1.54, 1.807) is 47.6 Å². The largest absolute Gasteiger partial charge is 0.489 e. The van der Waals surface area contributed by atoms with Crippen molar-refractivity contribution in [2.45, 2.75) is 65.9 Å². The number of carbonyl (C=O) groups excluding carboxylic acids is 2. The minimum absolute atomic E-state index is 0.0954. The summed E-state index contributed by atoms with van der Waals surface area (Å²) in [6.45, 7) is 14.8. The Morgan fingerprint density at radius 2 is 1.66 bits per heavy atom. The van der Waals surface area contributed by atoms with Gasteiger partial charge in [-0.2, -0.15) is 0 Å². The zero-order valence-corrected chi connectivity index (χ0v) is 21.3. The first-order valence-electron chi connectivity index (χ1n) is 11.3. The van der Waals surface area contributed by atoms with E-state index in [-0.39, 0.29) is 12.5 Å². The quantitative estimate of drug-likeness (QED) is 0.399. The molecule has 2 amide bonds. The van der Waals surface area contributed by atoms with Gasteiger partial charge in [-0.05, 0) is 64.8 Å². The van der Waals surface area contributed by atoms with E-state index in [0.29, 0.717) is 12.4 Å². The van der Waals surface area contributed by atoms with Gasteiger partial charge in [0.1, 0.15) is 23.6 Å². The highest BCUT2D eigenvalue weighted by molar-refractivity contribution is 5.98. The molecule has 188 valence electrons. The van der Waals surface area contributed by atoms with Gasteiger partial charge >= 0.3 is 12.2 Å². The summed E-state index contributed by atoms with van der Waals surface area (Å²) in [7, 11) is 0. The van der Waals surface area contributed by atoms with Gasteiger partial charge < -0.3 is 19.5 Å². The van der Waals surface area contributed by atoms with Crippen molar-refractivity contribution in [3.05, 3.63) is 71.8 Å². The second-order valence-electron chi connectivity index (χ2n) is 9.77. The number of carbonyl (C=O) groups is 2. The smallest absolute Gasteiger partial charge is 0.437 e. The molecule has 35 heavy (non-hydrogen) atoms. The molecule has 0 saturated carbocycles. The second-order valence-corrected chi connectivity index (χ2v) is 9.77. The lowest BCUT2D eigenvalue weighted by molar-refractivity contribution is 0.0560. The minimum Gasteiger partial charge on any atom is -0.489 e. The van der Waals surface area contributed by atoms with Crippen molar-refractivity contribution >= 4 is 24.2 Å². The van der Waals surface area contributed by atoms with Gasteiger partial charge in [0.25, 0.3) is 0 Å². The highest BCUT2D eigenvalue weighted by Crippen LogP contribution is 2.20. The van der Waals surface area contributed by atoms with Gasteiger partial charge in [-0.25, -0.2) is 9.59 Å². The highest BCUT2D eigenvalue weighted by Gasteiger charge is 2.20. The molecule has 2 rings (SSSR count). The van der Waals surface area contributed by atoms with Crippen molar-refractivity contribution in [1.29, 1.82) is 0 Å². The Bertz CT molecular complexity index is 1060. The first kappa shape index (κ1) is 27.4. The zero-order valence-electron chi connectivity index (χ0n) is 21.3. The van der Waals surface area contributed by atoms with E-state index in [1.807, 2.05) is 48.5 Å². The zero-order chi connectivity index (χ0) is 26.1. The fraction of sp³-hybridized carbons (Fsp3) is 0.370. The Kier molecular flexibility index (Phi) is 9.45. The topological polar surface area (TPSA) is 98.3 Å². The number of nitrogens with one attached hydrogen (secondary N) is 2. The molecular formula is C27H35N3O5. The summed E-state index contributed by atoms with van der Waals surface area (Å²) in [6, 6.07) is 15.4. The molecule has 0 aliphatic rings. The molecule has 0 aliphatic heterocycles. The predicted molar refractivity (Wildman–Crippen MR) is 137 cm³/mol. The molecule has 0 bridgehead atoms. The Hall–Kier alpha value is -3.81. The van der Waals surface area contributed by atoms with Gasteiger partial charge in [-0.1, -0.05) is 49.1 Å². The van der Waals surface area contributed by atoms with E-state index >= 15 is 0 Å². The van der Waals surface area contributed by atoms with Gasteiger partial charge in [-0.15, -0.1) is 4.99 Å². The summed E-state index contributed by atoms with van der Waals surface area (Å²) in [5.74, 6) is 0.555. The number of rotatable bonds is 6. The molecular weight excluding hydrogens is 446 g/mol. The number of nitrogens with zero attached hydrogens (tertiary/aromatic N) is 1. The van der Waals surface area contributed by atoms with Crippen molar-refractivity contribution in [2.75, 3.05) is 0 Å². The summed E-state index contributed by atoms with van der Waals surface area (Å²) in [4.78, 5) is 28.4. The number of para-hydroxylation sites is 1. The molecule has 0 spiro atoms. The number of guanidine groups is 1. The maximum Gasteiger partial charge on any atom is 0.437 e. The lowest BCUT2D eigenvalue weighted by Crippen LogP contribution is -2.44. The van der Waals surface area contributed by atoms with E-state index in [1.165, 1.54) is 0 Å². The molecule has 0 aromatic heterocycles. The predicted octanol–water partition coefficient (Wildman–Crippen LogP) is 5.81. The molecule has 0 unspecified atom stereocenters. The normalized spacial score (nSPS) is 11.9. The molecule has 0 fully saturated rings. The third-order valence-corrected chi connectivity index (χ3v) is 4.22. The summed E-state index contributed by atoms with van der Waals surface area (Å²) in [5.41, 5.74) is 1.36. The van der Waals surface area contributed by atoms with Crippen LogP contribution < -0.4 is 15.4 Å². The molecule has 8 heteroatoms. The molecule has 2 aromatic rings. The summed E-state index contributed by atoms with van der Waals surface area (Å²) in [5, 5.41) is 5.45. The Labute approximate surface area is 207 Å². The van der Waals surface area contributed by atoms with Gasteiger partial charge in [0.2, 0.25) is 5.96 Å². The fourth-order valence-corrected chi connectivity index (χ4v) is 2.83. The van der Waals surface area contributed by atoms with E-state index in [2.05, 4.69) is 22.2 Å². The van der Waals surface area contributed by atoms with Crippen LogP contribution in [0.5, 0.6) is 5.75 Å². The van der Waals surface area contributed by atoms with Crippen molar-refractivity contribution < 1.29 is 23.8 Å². The first-order chi connectivity index (χ1) is 16.3. The Morgan fingerprint density at radius 3 is 2.31 bits per heavy atom. The molecule has 8 nitrogen and oxygen atoms in total. The molecule has 2 N–H and O–H groups in total. The number of benzene rings is 2. The Morgan fingerprint density at radius 1 is 0.971 bits per heavy atom. The van der Waals surface area contributed by atoms with Crippen molar-refractivity contribution in [2.24, 2.45) is 4.99 Å². The number of aliphatic imine (C=N–C) groups is 1. The van der Waals surface area contributed by atoms with Gasteiger partial charge in [0.05, 0.1) is 0 Å². The van der Waals surface area contributed by atoms with Crippen LogP contribution in [-0.2, 0) is 22.6 Å². The average Bonchev–Trinajstić information content (AvgIpc) is 2.74. The van der Waals surface area contributed by atoms with Gasteiger partial charge in [0, 0.05) is 12.1 Å². The number of alkyl carbamates (subject to hydrolysis) is 1. The van der Waals surface area contributed by atoms with Crippen LogP contribution in [0.25, 0.3) is 6.08 Å². The summed E-state index contributed by atoms with van der Waals surface area (Å²) in [6.07, 6.45) is 0.187. The van der Waals surface area contributed by atoms with E-state index in [0.717, 1.165) is 16.7 Å². The minimum atomic E-state index is -0.845. The molecule has 0 aliphatic carbocycles. The van der Waals surface area contributed by atoms with E-state index in [9.17, 15) is 9.59 Å². The monoisotopic (exact) mass is 481 g/mol. The standard InChI is InChI=1S/C27H35N3O5/c1-8-19-12-11-13-20(16-19)18-33-22-15-10-9-14-21(22)17-28-23(29-24(31)34-26(2,3)4)30-25(32)35-27(5,6)7/h8-16H,1,17-18H2,2-7H3,(H2,28,29,30,31,32). The lowest BCUT2D eigenvalue weighted by Gasteiger charge is -2.21. The van der Waals surface area contributed by atoms with Crippen LogP contribution in [0.3, 0.4) is 0 Å². The van der Waals surface area contributed by atoms with Crippen molar-refractivity contribution in [1.82, 2.24) is 10.6 Å². The third kappa shape index (κ3) is 10.8. The van der Waals surface area contributed by atoms with Gasteiger partial charge in [0.15, 0.2) is 0 Å². The molecule has 0 radical (unpaired) electrons. The lowest BCUT2D eigenvalue weighted by atomic mass is 10.1. The van der Waals surface area contributed by atoms with Crippen molar-refractivity contribution in [3.8, 4) is 5.75 Å². The summed E-state index contributed by atoms with van der Waals surface area (Å²) >= 11 is 0. The van der Waals surface area contributed by atoms with Crippen LogP contribution in [0.1, 0.15) is 58.2 Å². The fourth-order valence-electron chi connectivity index (χ4n) is 2.83. The molecule has 2 aromatic carbocycles. The average molecular weight is 482 g/mol. The first-order valence-corrected chi connectivity index (χ1v) is 11.3. The van der Waals surface area contributed by atoms with Gasteiger partial charge in [-0.3, -0.25) is 5.32 Å². The Balaban J connectivity index is 2.14. The van der Waals surface area contributed by atoms with Crippen LogP contribution >= 0.6 is 0 Å². The SMILES string of the molecule is C=Cc1cccc(COc2ccccc2CN/C(=N/C(=O)OC(C)(C)C)NC(=O)OC(C)(C)C)c1. The number of hydrogen-bond donors (Lipinski definition) is 2. The van der Waals surface area contributed by atoms with Crippen molar-refractivity contribution in [3.63, 3.8) is 0 Å². The van der Waals surface area contributed by atoms with E-state index < -0.39 is 23.4 Å². The van der Waals surface area contributed by atoms with E-state index in [4.69, 9.17) is 14.2 Å². The molecule has 0 atom stereocenters. The summed E-state index contributed by atoms with van der Waals surface area (Å²) < 4.78 is 16.6. The number of hydrogen-bond acceptors (Lipinski definition) is 5. The third-order valence-electron chi connectivity index (χ3n) is 4.22. The van der Waals surface area contributed by atoms with Crippen LogP contribution in [0, 0.1) is 0 Å².